The van der Waals surface area contributed by atoms with Crippen molar-refractivity contribution in [3.05, 3.63) is 66.2 Å². The highest BCUT2D eigenvalue weighted by Crippen LogP contribution is 2.24. The molecule has 2 aromatic rings. The summed E-state index contributed by atoms with van der Waals surface area (Å²) < 4.78 is 10.6. The number of anilines is 1. The molecule has 2 N–H and O–H groups in total. The molecule has 0 bridgehead atoms. The van der Waals surface area contributed by atoms with E-state index in [1.54, 1.807) is 42.5 Å². The van der Waals surface area contributed by atoms with Crippen molar-refractivity contribution in [3.8, 4) is 11.5 Å². The molecule has 7 heteroatoms. The molecule has 0 spiro atoms. The van der Waals surface area contributed by atoms with Gasteiger partial charge in [-0.3, -0.25) is 9.59 Å². The molecule has 0 aliphatic carbocycles. The minimum Gasteiger partial charge on any atom is -0.495 e. The maximum Gasteiger partial charge on any atom is 0.329 e. The first kappa shape index (κ1) is 19.7. The van der Waals surface area contributed by atoms with Crippen molar-refractivity contribution in [1.82, 2.24) is 5.43 Å². The molecule has 0 aliphatic heterocycles. The van der Waals surface area contributed by atoms with Gasteiger partial charge in [-0.15, -0.1) is 0 Å². The molecule has 0 atom stereocenters. The van der Waals surface area contributed by atoms with Gasteiger partial charge in [0.2, 0.25) is 0 Å². The van der Waals surface area contributed by atoms with Crippen molar-refractivity contribution in [1.29, 1.82) is 0 Å². The van der Waals surface area contributed by atoms with Crippen molar-refractivity contribution in [3.63, 3.8) is 0 Å². The Labute approximate surface area is 157 Å². The molecule has 0 saturated carbocycles. The molecule has 0 saturated heterocycles. The molecule has 0 aliphatic rings. The molecule has 0 unspecified atom stereocenters. The number of carbonyl (C=O) groups excluding carboxylic acids is 2. The normalized spacial score (nSPS) is 10.3. The summed E-state index contributed by atoms with van der Waals surface area (Å²) in [6.45, 7) is 5.84. The Morgan fingerprint density at radius 2 is 2.00 bits per heavy atom. The predicted octanol–water partition coefficient (Wildman–Crippen LogP) is 2.66. The number of nitrogens with zero attached hydrogens (tertiary/aromatic N) is 1. The van der Waals surface area contributed by atoms with E-state index in [1.165, 1.54) is 13.3 Å². The number of ether oxygens (including phenoxy) is 2. The van der Waals surface area contributed by atoms with E-state index in [-0.39, 0.29) is 0 Å². The molecule has 0 aromatic heterocycles. The second-order valence-corrected chi connectivity index (χ2v) is 5.53. The molecule has 0 fully saturated rings. The third-order valence-electron chi connectivity index (χ3n) is 3.42. The molecule has 7 nitrogen and oxygen atoms in total. The Balaban J connectivity index is 1.95. The summed E-state index contributed by atoms with van der Waals surface area (Å²) in [4.78, 5) is 23.9. The number of carbonyl (C=O) groups is 2. The number of rotatable bonds is 7. The largest absolute Gasteiger partial charge is 0.495 e. The first-order chi connectivity index (χ1) is 13.0. The van der Waals surface area contributed by atoms with Crippen LogP contribution in [0.5, 0.6) is 11.5 Å². The van der Waals surface area contributed by atoms with Crippen LogP contribution in [0.4, 0.5) is 5.69 Å². The van der Waals surface area contributed by atoms with Gasteiger partial charge in [-0.1, -0.05) is 30.9 Å². The maximum absolute atomic E-state index is 12.0. The molecule has 2 amide bonds. The zero-order valence-corrected chi connectivity index (χ0v) is 15.2. The van der Waals surface area contributed by atoms with Crippen molar-refractivity contribution in [2.24, 2.45) is 5.10 Å². The lowest BCUT2D eigenvalue weighted by Gasteiger charge is -2.10. The predicted molar refractivity (Wildman–Crippen MR) is 104 cm³/mol. The molecule has 0 radical (unpaired) electrons. The van der Waals surface area contributed by atoms with E-state index in [0.717, 1.165) is 5.56 Å². The average molecular weight is 367 g/mol. The number of hydrogen-bond acceptors (Lipinski definition) is 5. The number of aryl methyl sites for hydroxylation is 1. The summed E-state index contributed by atoms with van der Waals surface area (Å²) in [5.41, 5.74) is 4.22. The van der Waals surface area contributed by atoms with Crippen molar-refractivity contribution >= 4 is 23.7 Å². The molecule has 27 heavy (non-hydrogen) atoms. The SMILES string of the molecule is C=CCOc1cccc(/C=N\NC(=O)C(=O)Nc2cc(C)ccc2OC)c1. The second kappa shape index (κ2) is 9.76. The third-order valence-corrected chi connectivity index (χ3v) is 3.42. The highest BCUT2D eigenvalue weighted by molar-refractivity contribution is 6.39. The minimum absolute atomic E-state index is 0.389. The summed E-state index contributed by atoms with van der Waals surface area (Å²) in [7, 11) is 1.48. The zero-order valence-electron chi connectivity index (χ0n) is 15.2. The van der Waals surface area contributed by atoms with E-state index >= 15 is 0 Å². The van der Waals surface area contributed by atoms with Crippen LogP contribution in [0.2, 0.25) is 0 Å². The number of amides is 2. The lowest BCUT2D eigenvalue weighted by molar-refractivity contribution is -0.136. The van der Waals surface area contributed by atoms with E-state index in [9.17, 15) is 9.59 Å². The van der Waals surface area contributed by atoms with E-state index in [1.807, 2.05) is 13.0 Å². The topological polar surface area (TPSA) is 89.0 Å². The monoisotopic (exact) mass is 367 g/mol. The van der Waals surface area contributed by atoms with Crippen LogP contribution in [0.15, 0.2) is 60.2 Å². The Bertz CT molecular complexity index is 862. The first-order valence-corrected chi connectivity index (χ1v) is 8.16. The van der Waals surface area contributed by atoms with E-state index in [0.29, 0.717) is 29.4 Å². The Morgan fingerprint density at radius 3 is 2.74 bits per heavy atom. The fourth-order valence-corrected chi connectivity index (χ4v) is 2.15. The van der Waals surface area contributed by atoms with Gasteiger partial charge in [-0.05, 0) is 42.3 Å². The zero-order chi connectivity index (χ0) is 19.6. The number of hydrazone groups is 1. The van der Waals surface area contributed by atoms with Crippen LogP contribution in [0.1, 0.15) is 11.1 Å². The highest BCUT2D eigenvalue weighted by Gasteiger charge is 2.15. The Kier molecular flexibility index (Phi) is 7.13. The number of hydrogen-bond donors (Lipinski definition) is 2. The standard InChI is InChI=1S/C20H21N3O4/c1-4-10-27-16-7-5-6-15(12-16)13-21-23-20(25)19(24)22-17-11-14(2)8-9-18(17)26-3/h4-9,11-13H,1,10H2,2-3H3,(H,22,24)(H,23,25)/b21-13-. The molecule has 0 heterocycles. The number of nitrogens with one attached hydrogen (secondary N) is 2. The van der Waals surface area contributed by atoms with Crippen LogP contribution >= 0.6 is 0 Å². The van der Waals surface area contributed by atoms with E-state index in [2.05, 4.69) is 22.4 Å². The highest BCUT2D eigenvalue weighted by atomic mass is 16.5. The summed E-state index contributed by atoms with van der Waals surface area (Å²) in [5, 5.41) is 6.30. The summed E-state index contributed by atoms with van der Waals surface area (Å²) in [6.07, 6.45) is 3.06. The molecule has 140 valence electrons. The van der Waals surface area contributed by atoms with Gasteiger partial charge >= 0.3 is 11.8 Å². The average Bonchev–Trinajstić information content (AvgIpc) is 2.66. The van der Waals surface area contributed by atoms with Crippen molar-refractivity contribution in [2.45, 2.75) is 6.92 Å². The third kappa shape index (κ3) is 6.00. The lowest BCUT2D eigenvalue weighted by atomic mass is 10.2. The molecular weight excluding hydrogens is 346 g/mol. The first-order valence-electron chi connectivity index (χ1n) is 8.16. The summed E-state index contributed by atoms with van der Waals surface area (Å²) in [5.74, 6) is -0.635. The Morgan fingerprint density at radius 1 is 1.19 bits per heavy atom. The maximum atomic E-state index is 12.0. The van der Waals surface area contributed by atoms with Crippen LogP contribution in [-0.4, -0.2) is 31.7 Å². The lowest BCUT2D eigenvalue weighted by Crippen LogP contribution is -2.32. The smallest absolute Gasteiger partial charge is 0.329 e. The fourth-order valence-electron chi connectivity index (χ4n) is 2.15. The van der Waals surface area contributed by atoms with E-state index < -0.39 is 11.8 Å². The van der Waals surface area contributed by atoms with Crippen molar-refractivity contribution in [2.75, 3.05) is 19.0 Å². The molecule has 2 rings (SSSR count). The summed E-state index contributed by atoms with van der Waals surface area (Å²) >= 11 is 0. The van der Waals surface area contributed by atoms with E-state index in [4.69, 9.17) is 9.47 Å². The van der Waals surface area contributed by atoms with Crippen LogP contribution < -0.4 is 20.2 Å². The number of benzene rings is 2. The molecular formula is C20H21N3O4. The van der Waals surface area contributed by atoms with Gasteiger partial charge in [0.1, 0.15) is 18.1 Å². The van der Waals surface area contributed by atoms with Crippen LogP contribution in [0.3, 0.4) is 0 Å². The number of methoxy groups -OCH3 is 1. The van der Waals surface area contributed by atoms with Gasteiger partial charge in [-0.25, -0.2) is 5.43 Å². The fraction of sp³-hybridized carbons (Fsp3) is 0.150. The second-order valence-electron chi connectivity index (χ2n) is 5.53. The van der Waals surface area contributed by atoms with Crippen molar-refractivity contribution < 1.29 is 19.1 Å². The molecule has 2 aromatic carbocycles. The van der Waals surface area contributed by atoms with Crippen LogP contribution in [0, 0.1) is 6.92 Å². The minimum atomic E-state index is -0.895. The van der Waals surface area contributed by atoms with Crippen LogP contribution in [0.25, 0.3) is 0 Å². The van der Waals surface area contributed by atoms with Gasteiger partial charge < -0.3 is 14.8 Å². The van der Waals surface area contributed by atoms with Gasteiger partial charge in [-0.2, -0.15) is 5.10 Å². The quantitative estimate of drug-likeness (QED) is 0.341. The Hall–Kier alpha value is -3.61. The van der Waals surface area contributed by atoms with Gasteiger partial charge in [0, 0.05) is 0 Å². The van der Waals surface area contributed by atoms with Gasteiger partial charge in [0.15, 0.2) is 0 Å². The van der Waals surface area contributed by atoms with Gasteiger partial charge in [0.25, 0.3) is 0 Å². The summed E-state index contributed by atoms with van der Waals surface area (Å²) in [6, 6.07) is 12.4. The van der Waals surface area contributed by atoms with Gasteiger partial charge in [0.05, 0.1) is 19.0 Å². The van der Waals surface area contributed by atoms with Crippen LogP contribution in [-0.2, 0) is 9.59 Å².